The number of hydrogen-bond acceptors (Lipinski definition) is 0. The van der Waals surface area contributed by atoms with Gasteiger partial charge in [0.1, 0.15) is 0 Å². The molecule has 0 aliphatic carbocycles. The van der Waals surface area contributed by atoms with Crippen LogP contribution in [0.5, 0.6) is 0 Å². The van der Waals surface area contributed by atoms with Gasteiger partial charge in [0, 0.05) is 33.1 Å². The van der Waals surface area contributed by atoms with E-state index < -0.39 is 0 Å². The van der Waals surface area contributed by atoms with E-state index in [1.165, 1.54) is 49.6 Å². The van der Waals surface area contributed by atoms with Crippen molar-refractivity contribution in [1.82, 2.24) is 9.13 Å². The number of hydrogen-bond donors (Lipinski definition) is 0. The van der Waals surface area contributed by atoms with Crippen molar-refractivity contribution in [2.24, 2.45) is 0 Å². The topological polar surface area (TPSA) is 9.86 Å². The van der Waals surface area contributed by atoms with Crippen LogP contribution < -0.4 is 0 Å². The van der Waals surface area contributed by atoms with Crippen LogP contribution in [0.2, 0.25) is 0 Å². The van der Waals surface area contributed by atoms with E-state index in [4.69, 9.17) is 0 Å². The van der Waals surface area contributed by atoms with Crippen LogP contribution in [-0.2, 0) is 0 Å². The van der Waals surface area contributed by atoms with E-state index in [1.807, 2.05) is 19.1 Å². The lowest BCUT2D eigenvalue weighted by atomic mass is 10.00. The minimum Gasteiger partial charge on any atom is -0.310 e. The molecule has 2 aromatic heterocycles. The second-order valence-electron chi connectivity index (χ2n) is 9.41. The summed E-state index contributed by atoms with van der Waals surface area (Å²) in [6, 6.07) is 32.8. The zero-order chi connectivity index (χ0) is 26.2. The summed E-state index contributed by atoms with van der Waals surface area (Å²) in [5, 5.41) is 3.71. The number of benzene rings is 4. The Morgan fingerprint density at radius 2 is 1.34 bits per heavy atom. The molecule has 6 aromatic rings. The minimum atomic E-state index is 1.04. The van der Waals surface area contributed by atoms with E-state index in [0.29, 0.717) is 0 Å². The zero-order valence-electron chi connectivity index (χ0n) is 21.9. The van der Waals surface area contributed by atoms with Gasteiger partial charge < -0.3 is 9.13 Å². The molecule has 0 bridgehead atoms. The van der Waals surface area contributed by atoms with Gasteiger partial charge in [-0.1, -0.05) is 79.9 Å². The van der Waals surface area contributed by atoms with Gasteiger partial charge in [-0.05, 0) is 79.6 Å². The van der Waals surface area contributed by atoms with Gasteiger partial charge >= 0.3 is 0 Å². The van der Waals surface area contributed by atoms with E-state index in [9.17, 15) is 0 Å². The van der Waals surface area contributed by atoms with Gasteiger partial charge in [0.2, 0.25) is 0 Å². The molecular weight excluding hydrogens is 460 g/mol. The fraction of sp³-hybridized carbons (Fsp3) is 0.0556. The molecule has 4 aromatic carbocycles. The van der Waals surface area contributed by atoms with Crippen LogP contribution >= 0.6 is 0 Å². The number of allylic oxidation sites excluding steroid dienone is 4. The highest BCUT2D eigenvalue weighted by molar-refractivity contribution is 6.10. The second kappa shape index (κ2) is 9.57. The summed E-state index contributed by atoms with van der Waals surface area (Å²) in [6.45, 7) is 12.3. The summed E-state index contributed by atoms with van der Waals surface area (Å²) < 4.78 is 4.59. The molecule has 6 rings (SSSR count). The molecule has 0 aliphatic heterocycles. The molecular formula is C36H30N2. The van der Waals surface area contributed by atoms with Crippen molar-refractivity contribution in [3.63, 3.8) is 0 Å². The highest BCUT2D eigenvalue weighted by Crippen LogP contribution is 2.38. The predicted octanol–water partition coefficient (Wildman–Crippen LogP) is 10.1. The molecule has 184 valence electrons. The Morgan fingerprint density at radius 3 is 2.03 bits per heavy atom. The quantitative estimate of drug-likeness (QED) is 0.206. The first-order valence-corrected chi connectivity index (χ1v) is 13.0. The average Bonchev–Trinajstić information content (AvgIpc) is 3.46. The first kappa shape index (κ1) is 23.6. The van der Waals surface area contributed by atoms with Crippen molar-refractivity contribution in [2.45, 2.75) is 13.8 Å². The van der Waals surface area contributed by atoms with Gasteiger partial charge in [-0.2, -0.15) is 0 Å². The van der Waals surface area contributed by atoms with Gasteiger partial charge in [-0.25, -0.2) is 0 Å². The van der Waals surface area contributed by atoms with Crippen LogP contribution in [0.1, 0.15) is 25.1 Å². The lowest BCUT2D eigenvalue weighted by Crippen LogP contribution is -1.97. The van der Waals surface area contributed by atoms with Crippen LogP contribution in [-0.4, -0.2) is 9.13 Å². The van der Waals surface area contributed by atoms with Gasteiger partial charge in [-0.3, -0.25) is 0 Å². The van der Waals surface area contributed by atoms with Gasteiger partial charge in [-0.15, -0.1) is 0 Å². The van der Waals surface area contributed by atoms with Crippen LogP contribution in [0.3, 0.4) is 0 Å². The molecule has 0 fully saturated rings. The average molecular weight is 491 g/mol. The third-order valence-corrected chi connectivity index (χ3v) is 7.35. The Kier molecular flexibility index (Phi) is 5.94. The number of fused-ring (bicyclic) bond motifs is 4. The van der Waals surface area contributed by atoms with E-state index in [1.54, 1.807) is 0 Å². The number of para-hydroxylation sites is 2. The van der Waals surface area contributed by atoms with Crippen molar-refractivity contribution in [1.29, 1.82) is 0 Å². The molecule has 0 atom stereocenters. The molecule has 0 saturated heterocycles. The third kappa shape index (κ3) is 3.57. The largest absolute Gasteiger partial charge is 0.310 e. The lowest BCUT2D eigenvalue weighted by molar-refractivity contribution is 1.15. The van der Waals surface area contributed by atoms with Crippen LogP contribution in [0.4, 0.5) is 0 Å². The van der Waals surface area contributed by atoms with E-state index in [-0.39, 0.29) is 0 Å². The molecule has 2 heteroatoms. The molecule has 0 aliphatic rings. The molecule has 2 heterocycles. The number of nitrogens with zero attached hydrogens (tertiary/aromatic N) is 2. The smallest absolute Gasteiger partial charge is 0.0541 e. The Balaban J connectivity index is 1.60. The number of rotatable bonds is 6. The molecule has 0 N–H and O–H groups in total. The molecule has 0 radical (unpaired) electrons. The maximum Gasteiger partial charge on any atom is 0.0541 e. The van der Waals surface area contributed by atoms with Crippen molar-refractivity contribution in [3.8, 4) is 16.8 Å². The van der Waals surface area contributed by atoms with Crippen LogP contribution in [0.25, 0.3) is 67.4 Å². The maximum absolute atomic E-state index is 4.13. The van der Waals surface area contributed by atoms with Crippen molar-refractivity contribution in [3.05, 3.63) is 134 Å². The highest BCUT2D eigenvalue weighted by atomic mass is 15.0. The lowest BCUT2D eigenvalue weighted by Gasteiger charge is -2.10. The summed E-state index contributed by atoms with van der Waals surface area (Å²) in [6.07, 6.45) is 10.2. The Hall–Kier alpha value is -4.82. The predicted molar refractivity (Wildman–Crippen MR) is 167 cm³/mol. The Labute approximate surface area is 223 Å². The normalized spacial score (nSPS) is 12.2. The zero-order valence-corrected chi connectivity index (χ0v) is 21.9. The van der Waals surface area contributed by atoms with E-state index in [0.717, 1.165) is 16.9 Å². The molecule has 38 heavy (non-hydrogen) atoms. The summed E-state index contributed by atoms with van der Waals surface area (Å²) in [5.41, 5.74) is 10.4. The summed E-state index contributed by atoms with van der Waals surface area (Å²) in [5.74, 6) is 0. The number of aromatic nitrogens is 2. The first-order valence-electron chi connectivity index (χ1n) is 13.0. The van der Waals surface area contributed by atoms with Gasteiger partial charge in [0.15, 0.2) is 0 Å². The van der Waals surface area contributed by atoms with Crippen LogP contribution in [0, 0.1) is 0 Å². The fourth-order valence-electron chi connectivity index (χ4n) is 5.68. The maximum atomic E-state index is 4.13. The summed E-state index contributed by atoms with van der Waals surface area (Å²) >= 11 is 0. The minimum absolute atomic E-state index is 1.04. The summed E-state index contributed by atoms with van der Waals surface area (Å²) in [4.78, 5) is 0. The second-order valence-corrected chi connectivity index (χ2v) is 9.41. The van der Waals surface area contributed by atoms with Crippen molar-refractivity contribution >= 4 is 50.6 Å². The monoisotopic (exact) mass is 490 g/mol. The third-order valence-electron chi connectivity index (χ3n) is 7.35. The molecule has 0 spiro atoms. The molecule has 0 unspecified atom stereocenters. The van der Waals surface area contributed by atoms with Crippen molar-refractivity contribution in [2.75, 3.05) is 0 Å². The van der Waals surface area contributed by atoms with E-state index in [2.05, 4.69) is 138 Å². The fourth-order valence-corrected chi connectivity index (χ4v) is 5.68. The molecule has 0 amide bonds. The molecule has 2 nitrogen and oxygen atoms in total. The van der Waals surface area contributed by atoms with Crippen molar-refractivity contribution < 1.29 is 0 Å². The van der Waals surface area contributed by atoms with Crippen LogP contribution in [0.15, 0.2) is 122 Å². The standard InChI is InChI=1S/C36H30N2/c1-5-14-29-31-23-25(19-21-35(31)37(33(29)8-4)27(6-2)7-3)26-20-22-36-32(24-26)30-17-12-13-18-34(30)38(36)28-15-10-9-11-16-28/h5-24H,2,4H2,1,3H3/b14-5-,27-7+. The summed E-state index contributed by atoms with van der Waals surface area (Å²) in [7, 11) is 0. The Morgan fingerprint density at radius 1 is 0.684 bits per heavy atom. The van der Waals surface area contributed by atoms with E-state index >= 15 is 0 Å². The van der Waals surface area contributed by atoms with Gasteiger partial charge in [0.25, 0.3) is 0 Å². The highest BCUT2D eigenvalue weighted by Gasteiger charge is 2.17. The van der Waals surface area contributed by atoms with Gasteiger partial charge in [0.05, 0.1) is 22.2 Å². The molecule has 0 saturated carbocycles. The Bertz CT molecular complexity index is 1910. The first-order chi connectivity index (χ1) is 18.7. The SMILES string of the molecule is C=C/C(=C\C)n1c(C=C)c(/C=C\C)c2cc(-c3ccc4c(c3)c3ccccc3n4-c3ccccc3)ccc21.